The van der Waals surface area contributed by atoms with Crippen molar-refractivity contribution in [3.8, 4) is 17.2 Å². The maximum atomic E-state index is 14.6. The number of carbonyl (C=O) groups is 2. The van der Waals surface area contributed by atoms with E-state index in [4.69, 9.17) is 18.9 Å². The van der Waals surface area contributed by atoms with Gasteiger partial charge in [-0.3, -0.25) is 4.79 Å². The number of likely N-dealkylation sites (tertiary alicyclic amines) is 1. The Morgan fingerprint density at radius 1 is 0.927 bits per heavy atom. The number of amides is 1. The molecule has 1 N–H and O–H groups in total. The average molecular weight is 568 g/mol. The molecule has 0 spiro atoms. The van der Waals surface area contributed by atoms with Gasteiger partial charge in [-0.1, -0.05) is 56.5 Å². The van der Waals surface area contributed by atoms with Gasteiger partial charge in [0.15, 0.2) is 11.5 Å². The van der Waals surface area contributed by atoms with Crippen LogP contribution in [0.4, 0.5) is 0 Å². The molecule has 1 saturated heterocycles. The van der Waals surface area contributed by atoms with Crippen molar-refractivity contribution in [2.75, 3.05) is 27.9 Å². The van der Waals surface area contributed by atoms with Crippen LogP contribution in [0.5, 0.6) is 17.2 Å². The molecule has 8 heteroatoms. The molecule has 1 aliphatic carbocycles. The van der Waals surface area contributed by atoms with Gasteiger partial charge in [-0.2, -0.15) is 0 Å². The van der Waals surface area contributed by atoms with Crippen molar-refractivity contribution < 1.29 is 33.6 Å². The van der Waals surface area contributed by atoms with Crippen LogP contribution in [-0.4, -0.2) is 61.9 Å². The maximum Gasteiger partial charge on any atom is 0.326 e. The van der Waals surface area contributed by atoms with Gasteiger partial charge in [0.1, 0.15) is 6.04 Å². The Balaban J connectivity index is 1.68. The van der Waals surface area contributed by atoms with E-state index in [1.807, 2.05) is 49.4 Å². The second-order valence-corrected chi connectivity index (χ2v) is 11.2. The first kappa shape index (κ1) is 30.7. The summed E-state index contributed by atoms with van der Waals surface area (Å²) in [5.74, 6) is -0.370. The third-order valence-electron chi connectivity index (χ3n) is 8.83. The normalized spacial score (nSPS) is 21.1. The highest BCUT2D eigenvalue weighted by atomic mass is 16.5. The van der Waals surface area contributed by atoms with E-state index in [9.17, 15) is 14.7 Å². The van der Waals surface area contributed by atoms with Crippen molar-refractivity contribution >= 4 is 11.9 Å². The highest BCUT2D eigenvalue weighted by Crippen LogP contribution is 2.45. The molecule has 2 aromatic rings. The lowest BCUT2D eigenvalue weighted by atomic mass is 9.75. The van der Waals surface area contributed by atoms with E-state index in [1.165, 1.54) is 0 Å². The number of methoxy groups -OCH3 is 3. The van der Waals surface area contributed by atoms with Crippen LogP contribution in [0.2, 0.25) is 0 Å². The quantitative estimate of drug-likeness (QED) is 0.333. The fraction of sp³-hybridized carbons (Fsp3) is 0.576. The summed E-state index contributed by atoms with van der Waals surface area (Å²) in [5, 5.41) is 10.5. The van der Waals surface area contributed by atoms with E-state index in [0.717, 1.165) is 49.7 Å². The molecule has 1 aliphatic heterocycles. The molecule has 0 bridgehead atoms. The first-order valence-electron chi connectivity index (χ1n) is 14.9. The van der Waals surface area contributed by atoms with Crippen LogP contribution in [0.3, 0.4) is 0 Å². The van der Waals surface area contributed by atoms with Crippen molar-refractivity contribution in [3.63, 3.8) is 0 Å². The van der Waals surface area contributed by atoms with E-state index < -0.39 is 17.9 Å². The topological polar surface area (TPSA) is 94.5 Å². The molecule has 3 unspecified atom stereocenters. The van der Waals surface area contributed by atoms with E-state index in [0.29, 0.717) is 43.2 Å². The SMILES string of the molecule is CCC(OCc1ccccc1)C1CCCN(C(=O)[C@H](c2cc(OC)c(OC)c(OC)c2)C2CCCCC2)C1C(=O)O. The van der Waals surface area contributed by atoms with Crippen LogP contribution < -0.4 is 14.2 Å². The smallest absolute Gasteiger partial charge is 0.326 e. The van der Waals surface area contributed by atoms with Crippen molar-refractivity contribution in [2.45, 2.75) is 83.0 Å². The minimum atomic E-state index is -0.975. The van der Waals surface area contributed by atoms with Crippen molar-refractivity contribution in [1.82, 2.24) is 4.90 Å². The molecule has 2 fully saturated rings. The Hall–Kier alpha value is -3.26. The zero-order valence-electron chi connectivity index (χ0n) is 24.8. The number of aliphatic carboxylic acids is 1. The predicted octanol–water partition coefficient (Wildman–Crippen LogP) is 6.06. The summed E-state index contributed by atoms with van der Waals surface area (Å²) in [5.41, 5.74) is 1.82. The van der Waals surface area contributed by atoms with Gasteiger partial charge in [0.05, 0.1) is 40.0 Å². The van der Waals surface area contributed by atoms with Crippen LogP contribution in [0.1, 0.15) is 75.3 Å². The summed E-state index contributed by atoms with van der Waals surface area (Å²) in [7, 11) is 4.68. The molecule has 1 heterocycles. The molecule has 1 saturated carbocycles. The number of benzene rings is 2. The van der Waals surface area contributed by atoms with Gasteiger partial charge in [0.2, 0.25) is 11.7 Å². The number of carboxylic acids is 1. The average Bonchev–Trinajstić information content (AvgIpc) is 3.01. The van der Waals surface area contributed by atoms with Crippen LogP contribution in [0, 0.1) is 11.8 Å². The lowest BCUT2D eigenvalue weighted by Gasteiger charge is -2.44. The molecule has 4 atom stereocenters. The summed E-state index contributed by atoms with van der Waals surface area (Å²) in [6.45, 7) is 2.84. The number of ether oxygens (including phenoxy) is 4. The summed E-state index contributed by atoms with van der Waals surface area (Å²) >= 11 is 0. The maximum absolute atomic E-state index is 14.6. The second kappa shape index (κ2) is 14.6. The van der Waals surface area contributed by atoms with Crippen LogP contribution in [-0.2, 0) is 20.9 Å². The Labute approximate surface area is 243 Å². The van der Waals surface area contributed by atoms with E-state index in [1.54, 1.807) is 26.2 Å². The third-order valence-corrected chi connectivity index (χ3v) is 8.83. The van der Waals surface area contributed by atoms with E-state index in [-0.39, 0.29) is 23.8 Å². The highest BCUT2D eigenvalue weighted by Gasteiger charge is 2.46. The molecule has 1 amide bonds. The molecule has 224 valence electrons. The minimum Gasteiger partial charge on any atom is -0.493 e. The molecular formula is C33H45NO7. The van der Waals surface area contributed by atoms with Gasteiger partial charge < -0.3 is 29.0 Å². The summed E-state index contributed by atoms with van der Waals surface area (Å²) < 4.78 is 23.1. The number of hydrogen-bond acceptors (Lipinski definition) is 6. The highest BCUT2D eigenvalue weighted by molar-refractivity contribution is 5.89. The summed E-state index contributed by atoms with van der Waals surface area (Å²) in [4.78, 5) is 29.1. The zero-order chi connectivity index (χ0) is 29.4. The van der Waals surface area contributed by atoms with Gasteiger partial charge in [0, 0.05) is 12.5 Å². The van der Waals surface area contributed by atoms with Crippen molar-refractivity contribution in [1.29, 1.82) is 0 Å². The Bertz CT molecular complexity index is 1120. The van der Waals surface area contributed by atoms with Crippen LogP contribution in [0.15, 0.2) is 42.5 Å². The molecule has 4 rings (SSSR count). The number of piperidine rings is 1. The van der Waals surface area contributed by atoms with E-state index in [2.05, 4.69) is 0 Å². The monoisotopic (exact) mass is 567 g/mol. The number of rotatable bonds is 12. The lowest BCUT2D eigenvalue weighted by molar-refractivity contribution is -0.161. The van der Waals surface area contributed by atoms with Crippen LogP contribution in [0.25, 0.3) is 0 Å². The summed E-state index contributed by atoms with van der Waals surface area (Å²) in [6, 6.07) is 12.7. The molecule has 2 aromatic carbocycles. The Kier molecular flexibility index (Phi) is 10.9. The van der Waals surface area contributed by atoms with Gasteiger partial charge in [-0.25, -0.2) is 4.79 Å². The molecular weight excluding hydrogens is 522 g/mol. The second-order valence-electron chi connectivity index (χ2n) is 11.2. The number of nitrogens with zero attached hydrogens (tertiary/aromatic N) is 1. The number of carboxylic acid groups (broad SMARTS) is 1. The lowest BCUT2D eigenvalue weighted by Crippen LogP contribution is -2.57. The zero-order valence-corrected chi connectivity index (χ0v) is 24.8. The van der Waals surface area contributed by atoms with Gasteiger partial charge in [-0.05, 0) is 61.3 Å². The molecule has 41 heavy (non-hydrogen) atoms. The Morgan fingerprint density at radius 2 is 1.59 bits per heavy atom. The van der Waals surface area contributed by atoms with Gasteiger partial charge in [0.25, 0.3) is 0 Å². The fourth-order valence-corrected chi connectivity index (χ4v) is 6.84. The standard InChI is InChI=1S/C33H45NO7/c1-5-26(41-21-22-13-8-6-9-14-22)25-17-12-18-34(30(25)33(36)37)32(35)29(23-15-10-7-11-16-23)24-19-27(38-2)31(40-4)28(20-24)39-3/h6,8-9,13-14,19-20,23,25-26,29-30H,5,7,10-12,15-18,21H2,1-4H3,(H,36,37)/t25?,26?,29-,30?/m0/s1. The number of hydrogen-bond donors (Lipinski definition) is 1. The molecule has 8 nitrogen and oxygen atoms in total. The number of carbonyl (C=O) groups excluding carboxylic acids is 1. The molecule has 0 aromatic heterocycles. The first-order chi connectivity index (χ1) is 19.9. The Morgan fingerprint density at radius 3 is 2.15 bits per heavy atom. The predicted molar refractivity (Wildman–Crippen MR) is 157 cm³/mol. The minimum absolute atomic E-state index is 0.102. The molecule has 2 aliphatic rings. The fourth-order valence-electron chi connectivity index (χ4n) is 6.84. The largest absolute Gasteiger partial charge is 0.493 e. The van der Waals surface area contributed by atoms with Gasteiger partial charge in [-0.15, -0.1) is 0 Å². The molecule has 0 radical (unpaired) electrons. The van der Waals surface area contributed by atoms with Crippen molar-refractivity contribution in [2.24, 2.45) is 11.8 Å². The summed E-state index contributed by atoms with van der Waals surface area (Å²) in [6.07, 6.45) is 6.91. The van der Waals surface area contributed by atoms with Gasteiger partial charge >= 0.3 is 5.97 Å². The van der Waals surface area contributed by atoms with E-state index >= 15 is 0 Å². The third kappa shape index (κ3) is 6.97. The first-order valence-corrected chi connectivity index (χ1v) is 14.9. The van der Waals surface area contributed by atoms with Crippen LogP contribution >= 0.6 is 0 Å². The van der Waals surface area contributed by atoms with Crippen molar-refractivity contribution in [3.05, 3.63) is 53.6 Å².